The minimum Gasteiger partial charge on any atom is -0.493 e. The lowest BCUT2D eigenvalue weighted by Gasteiger charge is -2.18. The first-order valence-electron chi connectivity index (χ1n) is 5.00. The van der Waals surface area contributed by atoms with Gasteiger partial charge in [0.25, 0.3) is 0 Å². The quantitative estimate of drug-likeness (QED) is 0.829. The third kappa shape index (κ3) is 2.35. The summed E-state index contributed by atoms with van der Waals surface area (Å²) in [5.41, 5.74) is 4.82. The average molecular weight is 261 g/mol. The molecule has 0 aliphatic heterocycles. The van der Waals surface area contributed by atoms with Crippen LogP contribution in [0.25, 0.3) is 0 Å². The molecule has 3 N–H and O–H groups in total. The van der Waals surface area contributed by atoms with Gasteiger partial charge in [-0.2, -0.15) is 0 Å². The molecule has 0 bridgehead atoms. The van der Waals surface area contributed by atoms with Crippen molar-refractivity contribution in [3.05, 3.63) is 23.3 Å². The monoisotopic (exact) mass is 261 g/mol. The summed E-state index contributed by atoms with van der Waals surface area (Å²) in [5, 5.41) is 8.96. The van der Waals surface area contributed by atoms with Crippen LogP contribution in [0.3, 0.4) is 0 Å². The van der Waals surface area contributed by atoms with Crippen LogP contribution >= 0.6 is 0 Å². The summed E-state index contributed by atoms with van der Waals surface area (Å²) in [4.78, 5) is 11.0. The molecule has 0 aliphatic rings. The van der Waals surface area contributed by atoms with Gasteiger partial charge in [0.05, 0.1) is 19.8 Å². The molecule has 0 aromatic heterocycles. The van der Waals surface area contributed by atoms with Crippen LogP contribution in [0.4, 0.5) is 8.78 Å². The van der Waals surface area contributed by atoms with Gasteiger partial charge in [-0.15, -0.1) is 0 Å². The molecule has 0 saturated carbocycles. The van der Waals surface area contributed by atoms with Gasteiger partial charge in [0.2, 0.25) is 0 Å². The first-order valence-corrected chi connectivity index (χ1v) is 5.00. The Kier molecular flexibility index (Phi) is 4.43. The molecule has 0 saturated heterocycles. The molecule has 0 radical (unpaired) electrons. The summed E-state index contributed by atoms with van der Waals surface area (Å²) in [5.74, 6) is -5.57. The minimum atomic E-state index is -1.41. The van der Waals surface area contributed by atoms with Crippen LogP contribution in [0.1, 0.15) is 11.5 Å². The lowest BCUT2D eigenvalue weighted by molar-refractivity contribution is -0.138. The maximum Gasteiger partial charge on any atom is 0.312 e. The number of carbonyl (C=O) groups is 1. The van der Waals surface area contributed by atoms with Crippen molar-refractivity contribution < 1.29 is 28.2 Å². The van der Waals surface area contributed by atoms with Gasteiger partial charge in [-0.25, -0.2) is 8.78 Å². The molecule has 18 heavy (non-hydrogen) atoms. The van der Waals surface area contributed by atoms with Crippen molar-refractivity contribution in [1.82, 2.24) is 0 Å². The zero-order chi connectivity index (χ0) is 13.9. The van der Waals surface area contributed by atoms with Gasteiger partial charge in [-0.1, -0.05) is 0 Å². The van der Waals surface area contributed by atoms with Crippen molar-refractivity contribution in [3.8, 4) is 11.5 Å². The van der Waals surface area contributed by atoms with E-state index < -0.39 is 35.6 Å². The molecule has 1 unspecified atom stereocenters. The Morgan fingerprint density at radius 2 is 2.06 bits per heavy atom. The number of rotatable bonds is 5. The Bertz CT molecular complexity index is 465. The van der Waals surface area contributed by atoms with E-state index in [-0.39, 0.29) is 11.5 Å². The number of methoxy groups -OCH3 is 2. The highest BCUT2D eigenvalue weighted by atomic mass is 19.2. The fraction of sp³-hybridized carbons (Fsp3) is 0.364. The van der Waals surface area contributed by atoms with Crippen LogP contribution in [0.5, 0.6) is 11.5 Å². The highest BCUT2D eigenvalue weighted by Crippen LogP contribution is 2.38. The third-order valence-electron chi connectivity index (χ3n) is 2.48. The number of nitrogens with two attached hydrogens (primary N) is 1. The smallest absolute Gasteiger partial charge is 0.312 e. The molecule has 0 fully saturated rings. The first kappa shape index (κ1) is 14.2. The summed E-state index contributed by atoms with van der Waals surface area (Å²) < 4.78 is 36.8. The zero-order valence-corrected chi connectivity index (χ0v) is 9.87. The van der Waals surface area contributed by atoms with Crippen LogP contribution in [0.2, 0.25) is 0 Å². The number of aliphatic carboxylic acids is 1. The maximum atomic E-state index is 13.7. The van der Waals surface area contributed by atoms with Crippen LogP contribution in [-0.4, -0.2) is 31.8 Å². The number of hydrogen-bond acceptors (Lipinski definition) is 4. The van der Waals surface area contributed by atoms with Gasteiger partial charge in [-0.3, -0.25) is 4.79 Å². The van der Waals surface area contributed by atoms with E-state index in [2.05, 4.69) is 0 Å². The van der Waals surface area contributed by atoms with Crippen molar-refractivity contribution in [2.75, 3.05) is 20.8 Å². The average Bonchev–Trinajstić information content (AvgIpc) is 2.34. The second-order valence-corrected chi connectivity index (χ2v) is 3.45. The fourth-order valence-corrected chi connectivity index (χ4v) is 1.62. The predicted octanol–water partition coefficient (Wildman–Crippen LogP) is 1.11. The molecule has 0 heterocycles. The van der Waals surface area contributed by atoms with Crippen LogP contribution < -0.4 is 15.2 Å². The van der Waals surface area contributed by atoms with Gasteiger partial charge >= 0.3 is 5.97 Å². The maximum absolute atomic E-state index is 13.7. The Hall–Kier alpha value is -1.89. The molecule has 100 valence electrons. The number of carboxylic acid groups (broad SMARTS) is 1. The summed E-state index contributed by atoms with van der Waals surface area (Å²) in [6.45, 7) is -0.394. The Morgan fingerprint density at radius 1 is 1.44 bits per heavy atom. The molecule has 0 spiro atoms. The van der Waals surface area contributed by atoms with E-state index in [0.717, 1.165) is 6.07 Å². The highest BCUT2D eigenvalue weighted by molar-refractivity contribution is 5.78. The Morgan fingerprint density at radius 3 is 2.44 bits per heavy atom. The van der Waals surface area contributed by atoms with E-state index in [4.69, 9.17) is 20.3 Å². The molecule has 1 aromatic carbocycles. The standard InChI is InChI=1S/C11H13F2NO4/c1-17-7-3-6(12)9(13)8(10(7)18-2)5(4-14)11(15)16/h3,5H,4,14H2,1-2H3,(H,15,16). The van der Waals surface area contributed by atoms with E-state index in [1.807, 2.05) is 0 Å². The van der Waals surface area contributed by atoms with Gasteiger partial charge in [0.15, 0.2) is 23.1 Å². The number of hydrogen-bond donors (Lipinski definition) is 2. The van der Waals surface area contributed by atoms with E-state index in [0.29, 0.717) is 0 Å². The van der Waals surface area contributed by atoms with Crippen LogP contribution in [-0.2, 0) is 4.79 Å². The van der Waals surface area contributed by atoms with Crippen LogP contribution in [0, 0.1) is 11.6 Å². The minimum absolute atomic E-state index is 0.0916. The van der Waals surface area contributed by atoms with E-state index in [1.165, 1.54) is 14.2 Å². The van der Waals surface area contributed by atoms with Gasteiger partial charge < -0.3 is 20.3 Å². The van der Waals surface area contributed by atoms with Crippen molar-refractivity contribution in [3.63, 3.8) is 0 Å². The predicted molar refractivity (Wildman–Crippen MR) is 58.9 cm³/mol. The second kappa shape index (κ2) is 5.63. The number of benzene rings is 1. The molecular weight excluding hydrogens is 248 g/mol. The molecule has 1 rings (SSSR count). The van der Waals surface area contributed by atoms with E-state index in [1.54, 1.807) is 0 Å². The van der Waals surface area contributed by atoms with Gasteiger partial charge in [-0.05, 0) is 0 Å². The van der Waals surface area contributed by atoms with Crippen molar-refractivity contribution in [1.29, 1.82) is 0 Å². The molecule has 7 heteroatoms. The van der Waals surface area contributed by atoms with Crippen LogP contribution in [0.15, 0.2) is 6.07 Å². The van der Waals surface area contributed by atoms with Crippen molar-refractivity contribution in [2.45, 2.75) is 5.92 Å². The Balaban J connectivity index is 3.57. The summed E-state index contributed by atoms with van der Waals surface area (Å²) >= 11 is 0. The SMILES string of the molecule is COc1cc(F)c(F)c(C(CN)C(=O)O)c1OC. The number of halogens is 2. The third-order valence-corrected chi connectivity index (χ3v) is 2.48. The summed E-state index contributed by atoms with van der Waals surface area (Å²) in [6, 6.07) is 0.785. The number of carboxylic acids is 1. The molecule has 5 nitrogen and oxygen atoms in total. The van der Waals surface area contributed by atoms with Gasteiger partial charge in [0.1, 0.15) is 5.92 Å². The van der Waals surface area contributed by atoms with Crippen molar-refractivity contribution >= 4 is 5.97 Å². The largest absolute Gasteiger partial charge is 0.493 e. The molecular formula is C11H13F2NO4. The number of ether oxygens (including phenoxy) is 2. The molecule has 0 aliphatic carbocycles. The zero-order valence-electron chi connectivity index (χ0n) is 9.87. The normalized spacial score (nSPS) is 12.1. The topological polar surface area (TPSA) is 81.8 Å². The molecule has 1 aromatic rings. The summed E-state index contributed by atoms with van der Waals surface area (Å²) in [6.07, 6.45) is 0. The summed E-state index contributed by atoms with van der Waals surface area (Å²) in [7, 11) is 2.44. The first-order chi connectivity index (χ1) is 8.47. The molecule has 1 atom stereocenters. The second-order valence-electron chi connectivity index (χ2n) is 3.45. The lowest BCUT2D eigenvalue weighted by Crippen LogP contribution is -2.23. The highest BCUT2D eigenvalue weighted by Gasteiger charge is 2.30. The van der Waals surface area contributed by atoms with E-state index in [9.17, 15) is 13.6 Å². The Labute approximate surface area is 102 Å². The van der Waals surface area contributed by atoms with Crippen molar-refractivity contribution in [2.24, 2.45) is 5.73 Å². The molecule has 0 amide bonds. The fourth-order valence-electron chi connectivity index (χ4n) is 1.62. The lowest BCUT2D eigenvalue weighted by atomic mass is 9.97. The van der Waals surface area contributed by atoms with E-state index >= 15 is 0 Å². The van der Waals surface area contributed by atoms with Gasteiger partial charge in [0, 0.05) is 12.6 Å².